The zero-order chi connectivity index (χ0) is 16.2. The Bertz CT molecular complexity index is 712. The van der Waals surface area contributed by atoms with Crippen LogP contribution < -0.4 is 15.2 Å². The lowest BCUT2D eigenvalue weighted by Gasteiger charge is -2.08. The Balaban J connectivity index is 2.06. The first kappa shape index (κ1) is 15.1. The normalized spacial score (nSPS) is 10.6. The van der Waals surface area contributed by atoms with E-state index >= 15 is 0 Å². The third-order valence-corrected chi connectivity index (χ3v) is 3.70. The summed E-state index contributed by atoms with van der Waals surface area (Å²) in [6.07, 6.45) is 0. The molecule has 2 aromatic carbocycles. The predicted molar refractivity (Wildman–Crippen MR) is 90.0 cm³/mol. The molecular formula is C18H19N3O2. The summed E-state index contributed by atoms with van der Waals surface area (Å²) in [5.74, 6) is 1.38. The first-order valence-corrected chi connectivity index (χ1v) is 7.33. The molecule has 3 rings (SSSR count). The van der Waals surface area contributed by atoms with Crippen LogP contribution in [-0.4, -0.2) is 24.0 Å². The third kappa shape index (κ3) is 3.05. The molecule has 0 saturated heterocycles. The molecule has 0 bridgehead atoms. The minimum Gasteiger partial charge on any atom is -0.497 e. The molecule has 0 aliphatic rings. The summed E-state index contributed by atoms with van der Waals surface area (Å²) in [4.78, 5) is 0. The topological polar surface area (TPSA) is 62.3 Å². The van der Waals surface area contributed by atoms with Gasteiger partial charge in [0, 0.05) is 18.2 Å². The Morgan fingerprint density at radius 1 is 0.957 bits per heavy atom. The van der Waals surface area contributed by atoms with Crippen LogP contribution in [0.2, 0.25) is 0 Å². The Morgan fingerprint density at radius 3 is 2.22 bits per heavy atom. The van der Waals surface area contributed by atoms with Crippen molar-refractivity contribution in [1.29, 1.82) is 0 Å². The summed E-state index contributed by atoms with van der Waals surface area (Å²) < 4.78 is 12.4. The van der Waals surface area contributed by atoms with Crippen molar-refractivity contribution < 1.29 is 9.47 Å². The van der Waals surface area contributed by atoms with Crippen LogP contribution in [0.5, 0.6) is 11.6 Å². The predicted octanol–water partition coefficient (Wildman–Crippen LogP) is 3.02. The Hall–Kier alpha value is -2.79. The highest BCUT2D eigenvalue weighted by atomic mass is 16.5. The van der Waals surface area contributed by atoms with Gasteiger partial charge < -0.3 is 15.2 Å². The van der Waals surface area contributed by atoms with Gasteiger partial charge in [0.15, 0.2) is 0 Å². The van der Waals surface area contributed by atoms with Crippen LogP contribution in [0.3, 0.4) is 0 Å². The first-order valence-electron chi connectivity index (χ1n) is 7.33. The van der Waals surface area contributed by atoms with Crippen LogP contribution in [0.15, 0.2) is 54.6 Å². The van der Waals surface area contributed by atoms with Gasteiger partial charge >= 0.3 is 0 Å². The zero-order valence-electron chi connectivity index (χ0n) is 13.2. The molecule has 1 aromatic heterocycles. The monoisotopic (exact) mass is 309 g/mol. The lowest BCUT2D eigenvalue weighted by molar-refractivity contribution is 0.394. The largest absolute Gasteiger partial charge is 0.497 e. The number of hydrogen-bond acceptors (Lipinski definition) is 4. The third-order valence-electron chi connectivity index (χ3n) is 3.70. The van der Waals surface area contributed by atoms with E-state index in [0.717, 1.165) is 28.3 Å². The molecule has 1 heterocycles. The summed E-state index contributed by atoms with van der Waals surface area (Å²) in [5, 5.41) is 4.50. The van der Waals surface area contributed by atoms with Gasteiger partial charge in [-0.1, -0.05) is 24.3 Å². The fraction of sp³-hybridized carbons (Fsp3) is 0.167. The van der Waals surface area contributed by atoms with Crippen molar-refractivity contribution in [2.24, 2.45) is 5.73 Å². The average Bonchev–Trinajstić information content (AvgIpc) is 3.06. The fourth-order valence-corrected chi connectivity index (χ4v) is 2.40. The van der Waals surface area contributed by atoms with Crippen molar-refractivity contribution in [3.63, 3.8) is 0 Å². The molecule has 3 aromatic rings. The number of nitrogens with two attached hydrogens (primary N) is 1. The van der Waals surface area contributed by atoms with E-state index in [1.165, 1.54) is 0 Å². The number of aromatic nitrogens is 2. The van der Waals surface area contributed by atoms with Gasteiger partial charge in [-0.15, -0.1) is 5.10 Å². The van der Waals surface area contributed by atoms with E-state index in [1.807, 2.05) is 59.3 Å². The Labute approximate surface area is 135 Å². The van der Waals surface area contributed by atoms with Crippen molar-refractivity contribution in [2.45, 2.75) is 6.54 Å². The number of benzene rings is 2. The van der Waals surface area contributed by atoms with E-state index in [0.29, 0.717) is 12.4 Å². The second-order valence-electron chi connectivity index (χ2n) is 5.08. The van der Waals surface area contributed by atoms with Gasteiger partial charge in [-0.25, -0.2) is 4.68 Å². The number of methoxy groups -OCH3 is 2. The Kier molecular flexibility index (Phi) is 4.30. The summed E-state index contributed by atoms with van der Waals surface area (Å²) in [7, 11) is 3.26. The highest BCUT2D eigenvalue weighted by Crippen LogP contribution is 2.28. The van der Waals surface area contributed by atoms with Gasteiger partial charge in [-0.05, 0) is 29.8 Å². The summed E-state index contributed by atoms with van der Waals surface area (Å²) in [6, 6.07) is 17.8. The van der Waals surface area contributed by atoms with E-state index in [4.69, 9.17) is 15.2 Å². The van der Waals surface area contributed by atoms with Crippen molar-refractivity contribution in [3.05, 3.63) is 60.2 Å². The van der Waals surface area contributed by atoms with E-state index in [2.05, 4.69) is 5.10 Å². The van der Waals surface area contributed by atoms with Crippen LogP contribution in [0.25, 0.3) is 16.9 Å². The molecule has 0 aliphatic carbocycles. The minimum absolute atomic E-state index is 0.529. The van der Waals surface area contributed by atoms with Gasteiger partial charge in [-0.3, -0.25) is 0 Å². The van der Waals surface area contributed by atoms with E-state index in [9.17, 15) is 0 Å². The minimum atomic E-state index is 0.529. The molecule has 0 radical (unpaired) electrons. The number of nitrogens with zero attached hydrogens (tertiary/aromatic N) is 2. The maximum absolute atomic E-state index is 5.66. The van der Waals surface area contributed by atoms with E-state index < -0.39 is 0 Å². The zero-order valence-corrected chi connectivity index (χ0v) is 13.2. The van der Waals surface area contributed by atoms with E-state index in [1.54, 1.807) is 14.2 Å². The lowest BCUT2D eigenvalue weighted by Crippen LogP contribution is -2.00. The molecule has 0 fully saturated rings. The molecule has 0 amide bonds. The van der Waals surface area contributed by atoms with Gasteiger partial charge in [-0.2, -0.15) is 0 Å². The van der Waals surface area contributed by atoms with Gasteiger partial charge in [0.05, 0.1) is 25.6 Å². The van der Waals surface area contributed by atoms with Crippen molar-refractivity contribution in [1.82, 2.24) is 9.78 Å². The smallest absolute Gasteiger partial charge is 0.233 e. The fourth-order valence-electron chi connectivity index (χ4n) is 2.40. The Morgan fingerprint density at radius 2 is 1.65 bits per heavy atom. The molecule has 0 spiro atoms. The highest BCUT2D eigenvalue weighted by Gasteiger charge is 2.12. The number of rotatable bonds is 5. The van der Waals surface area contributed by atoms with Crippen LogP contribution in [0.1, 0.15) is 5.56 Å². The molecule has 2 N–H and O–H groups in total. The molecule has 5 nitrogen and oxygen atoms in total. The summed E-state index contributed by atoms with van der Waals surface area (Å²) in [6.45, 7) is 0.529. The van der Waals surface area contributed by atoms with Crippen LogP contribution in [0.4, 0.5) is 0 Å². The molecule has 5 heteroatoms. The standard InChI is InChI=1S/C18H19N3O2/c1-22-16-9-7-15(8-10-16)21-17(11-18(20-21)23-2)14-5-3-13(12-19)4-6-14/h3-11H,12,19H2,1-2H3. The van der Waals surface area contributed by atoms with Crippen LogP contribution >= 0.6 is 0 Å². The lowest BCUT2D eigenvalue weighted by atomic mass is 10.1. The molecule has 0 atom stereocenters. The molecule has 0 aliphatic heterocycles. The summed E-state index contributed by atoms with van der Waals surface area (Å²) in [5.41, 5.74) is 9.70. The first-order chi connectivity index (χ1) is 11.2. The average molecular weight is 309 g/mol. The number of hydrogen-bond donors (Lipinski definition) is 1. The van der Waals surface area contributed by atoms with Crippen molar-refractivity contribution in [2.75, 3.05) is 14.2 Å². The second-order valence-corrected chi connectivity index (χ2v) is 5.08. The second kappa shape index (κ2) is 6.54. The molecular weight excluding hydrogens is 290 g/mol. The van der Waals surface area contributed by atoms with Gasteiger partial charge in [0.1, 0.15) is 5.75 Å². The maximum atomic E-state index is 5.66. The molecule has 118 valence electrons. The molecule has 0 unspecified atom stereocenters. The highest BCUT2D eigenvalue weighted by molar-refractivity contribution is 5.64. The van der Waals surface area contributed by atoms with Gasteiger partial charge in [0.2, 0.25) is 5.88 Å². The molecule has 0 saturated carbocycles. The van der Waals surface area contributed by atoms with Crippen LogP contribution in [-0.2, 0) is 6.54 Å². The van der Waals surface area contributed by atoms with Crippen molar-refractivity contribution in [3.8, 4) is 28.6 Å². The maximum Gasteiger partial charge on any atom is 0.233 e. The quantitative estimate of drug-likeness (QED) is 0.787. The number of ether oxygens (including phenoxy) is 2. The van der Waals surface area contributed by atoms with E-state index in [-0.39, 0.29) is 0 Å². The van der Waals surface area contributed by atoms with Gasteiger partial charge in [0.25, 0.3) is 0 Å². The van der Waals surface area contributed by atoms with Crippen molar-refractivity contribution >= 4 is 0 Å². The van der Waals surface area contributed by atoms with Crippen LogP contribution in [0, 0.1) is 0 Å². The molecule has 23 heavy (non-hydrogen) atoms. The summed E-state index contributed by atoms with van der Waals surface area (Å²) >= 11 is 0. The SMILES string of the molecule is COc1ccc(-n2nc(OC)cc2-c2ccc(CN)cc2)cc1.